The molecule has 0 saturated heterocycles. The zero-order valence-corrected chi connectivity index (χ0v) is 8.88. The summed E-state index contributed by atoms with van der Waals surface area (Å²) in [6.45, 7) is 1.81. The summed E-state index contributed by atoms with van der Waals surface area (Å²) in [7, 11) is 0. The number of alkyl halides is 3. The first-order valence-corrected chi connectivity index (χ1v) is 4.82. The third-order valence-electron chi connectivity index (χ3n) is 2.07. The van der Waals surface area contributed by atoms with Gasteiger partial charge in [0, 0.05) is 11.3 Å². The van der Waals surface area contributed by atoms with Gasteiger partial charge in [-0.25, -0.2) is 0 Å². The number of aryl methyl sites for hydroxylation is 1. The summed E-state index contributed by atoms with van der Waals surface area (Å²) < 4.78 is 39.9. The number of nitrogens with one attached hydrogen (secondary N) is 1. The van der Waals surface area contributed by atoms with Gasteiger partial charge in [-0.2, -0.15) is 5.10 Å². The van der Waals surface area contributed by atoms with Crippen molar-refractivity contribution in [2.75, 3.05) is 0 Å². The van der Waals surface area contributed by atoms with Gasteiger partial charge in [-0.15, -0.1) is 13.2 Å². The maximum atomic E-state index is 12.0. The lowest BCUT2D eigenvalue weighted by Crippen LogP contribution is -2.17. The Balaban J connectivity index is 2.29. The Morgan fingerprint density at radius 2 is 2.00 bits per heavy atom. The lowest BCUT2D eigenvalue weighted by atomic mass is 10.1. The molecule has 1 heterocycles. The lowest BCUT2D eigenvalue weighted by Gasteiger charge is -2.09. The van der Waals surface area contributed by atoms with Crippen LogP contribution in [0, 0.1) is 6.92 Å². The highest BCUT2D eigenvalue weighted by Gasteiger charge is 2.31. The van der Waals surface area contributed by atoms with Crippen molar-refractivity contribution >= 4 is 0 Å². The van der Waals surface area contributed by atoms with Crippen molar-refractivity contribution in [3.63, 3.8) is 0 Å². The molecule has 6 heteroatoms. The van der Waals surface area contributed by atoms with Crippen LogP contribution < -0.4 is 4.74 Å². The number of H-pyrrole nitrogens is 1. The summed E-state index contributed by atoms with van der Waals surface area (Å²) in [5.41, 5.74) is 1.98. The Morgan fingerprint density at radius 1 is 1.24 bits per heavy atom. The molecule has 0 amide bonds. The fraction of sp³-hybridized carbons (Fsp3) is 0.182. The summed E-state index contributed by atoms with van der Waals surface area (Å²) in [5.74, 6) is -0.254. The van der Waals surface area contributed by atoms with Gasteiger partial charge in [-0.1, -0.05) is 12.1 Å². The van der Waals surface area contributed by atoms with Gasteiger partial charge in [0.25, 0.3) is 0 Å². The quantitative estimate of drug-likeness (QED) is 0.877. The molecule has 0 unspecified atom stereocenters. The van der Waals surface area contributed by atoms with Crippen LogP contribution in [0.15, 0.2) is 30.3 Å². The number of aromatic nitrogens is 2. The van der Waals surface area contributed by atoms with E-state index in [0.29, 0.717) is 11.3 Å². The lowest BCUT2D eigenvalue weighted by molar-refractivity contribution is -0.274. The normalized spacial score (nSPS) is 11.5. The second-order valence-electron chi connectivity index (χ2n) is 3.51. The number of nitrogens with zero attached hydrogens (tertiary/aromatic N) is 1. The minimum atomic E-state index is -4.68. The van der Waals surface area contributed by atoms with Crippen LogP contribution in [-0.4, -0.2) is 16.6 Å². The molecule has 90 valence electrons. The highest BCUT2D eigenvalue weighted by molar-refractivity contribution is 5.61. The number of hydrogen-bond acceptors (Lipinski definition) is 2. The molecular formula is C11H9F3N2O. The average Bonchev–Trinajstić information content (AvgIpc) is 2.63. The molecule has 3 nitrogen and oxygen atoms in total. The minimum Gasteiger partial charge on any atom is -0.406 e. The van der Waals surface area contributed by atoms with Crippen molar-refractivity contribution < 1.29 is 17.9 Å². The van der Waals surface area contributed by atoms with Gasteiger partial charge in [0.15, 0.2) is 0 Å². The highest BCUT2D eigenvalue weighted by Crippen LogP contribution is 2.27. The molecule has 2 rings (SSSR count). The third kappa shape index (κ3) is 2.99. The molecule has 0 aliphatic rings. The van der Waals surface area contributed by atoms with Crippen molar-refractivity contribution in [2.45, 2.75) is 13.3 Å². The first-order chi connectivity index (χ1) is 7.94. The number of benzene rings is 1. The summed E-state index contributed by atoms with van der Waals surface area (Å²) in [5, 5.41) is 6.68. The van der Waals surface area contributed by atoms with E-state index in [9.17, 15) is 13.2 Å². The van der Waals surface area contributed by atoms with Gasteiger partial charge >= 0.3 is 6.36 Å². The van der Waals surface area contributed by atoms with Crippen LogP contribution in [0.25, 0.3) is 11.3 Å². The van der Waals surface area contributed by atoms with Crippen LogP contribution in [0.2, 0.25) is 0 Å². The minimum absolute atomic E-state index is 0.254. The Hall–Kier alpha value is -1.98. The first-order valence-electron chi connectivity index (χ1n) is 4.82. The largest absolute Gasteiger partial charge is 0.573 e. The van der Waals surface area contributed by atoms with Crippen LogP contribution in [0.4, 0.5) is 13.2 Å². The Morgan fingerprint density at radius 3 is 2.59 bits per heavy atom. The fourth-order valence-corrected chi connectivity index (χ4v) is 1.42. The Kier molecular flexibility index (Phi) is 2.79. The Bertz CT molecular complexity index is 519. The Labute approximate surface area is 95.2 Å². The van der Waals surface area contributed by atoms with E-state index in [0.717, 1.165) is 5.69 Å². The molecule has 2 aromatic rings. The van der Waals surface area contributed by atoms with Gasteiger partial charge in [-0.3, -0.25) is 5.10 Å². The predicted molar refractivity (Wildman–Crippen MR) is 55.4 cm³/mol. The molecule has 0 fully saturated rings. The SMILES string of the molecule is Cc1cc(-c2cccc(OC(F)(F)F)c2)n[nH]1. The fourth-order valence-electron chi connectivity index (χ4n) is 1.42. The monoisotopic (exact) mass is 242 g/mol. The van der Waals surface area contributed by atoms with Crippen LogP contribution >= 0.6 is 0 Å². The predicted octanol–water partition coefficient (Wildman–Crippen LogP) is 3.28. The van der Waals surface area contributed by atoms with E-state index in [1.807, 2.05) is 6.92 Å². The molecule has 1 aromatic carbocycles. The molecule has 0 spiro atoms. The van der Waals surface area contributed by atoms with E-state index in [-0.39, 0.29) is 5.75 Å². The molecule has 1 aromatic heterocycles. The second kappa shape index (κ2) is 4.12. The van der Waals surface area contributed by atoms with Gasteiger partial charge in [0.1, 0.15) is 5.75 Å². The number of halogens is 3. The number of hydrogen-bond donors (Lipinski definition) is 1. The summed E-state index contributed by atoms with van der Waals surface area (Å²) in [6.07, 6.45) is -4.68. The standard InChI is InChI=1S/C11H9F3N2O/c1-7-5-10(16-15-7)8-3-2-4-9(6-8)17-11(12,13)14/h2-6H,1H3,(H,15,16). The maximum absolute atomic E-state index is 12.0. The maximum Gasteiger partial charge on any atom is 0.573 e. The van der Waals surface area contributed by atoms with Gasteiger partial charge < -0.3 is 4.74 Å². The van der Waals surface area contributed by atoms with Crippen LogP contribution in [0.1, 0.15) is 5.69 Å². The molecule has 0 bridgehead atoms. The average molecular weight is 242 g/mol. The van der Waals surface area contributed by atoms with Crippen molar-refractivity contribution in [1.29, 1.82) is 0 Å². The topological polar surface area (TPSA) is 37.9 Å². The van der Waals surface area contributed by atoms with Crippen LogP contribution in [0.3, 0.4) is 0 Å². The van der Waals surface area contributed by atoms with E-state index < -0.39 is 6.36 Å². The van der Waals surface area contributed by atoms with Gasteiger partial charge in [0.2, 0.25) is 0 Å². The number of rotatable bonds is 2. The van der Waals surface area contributed by atoms with E-state index in [4.69, 9.17) is 0 Å². The first kappa shape index (κ1) is 11.5. The molecule has 0 aliphatic carbocycles. The molecule has 0 saturated carbocycles. The van der Waals surface area contributed by atoms with Crippen molar-refractivity contribution in [2.24, 2.45) is 0 Å². The molecule has 1 N–H and O–H groups in total. The van der Waals surface area contributed by atoms with E-state index in [2.05, 4.69) is 14.9 Å². The van der Waals surface area contributed by atoms with Crippen LogP contribution in [0.5, 0.6) is 5.75 Å². The van der Waals surface area contributed by atoms with Crippen molar-refractivity contribution in [1.82, 2.24) is 10.2 Å². The third-order valence-corrected chi connectivity index (χ3v) is 2.07. The smallest absolute Gasteiger partial charge is 0.406 e. The summed E-state index contributed by atoms with van der Waals surface area (Å²) in [4.78, 5) is 0. The zero-order valence-electron chi connectivity index (χ0n) is 8.88. The summed E-state index contributed by atoms with van der Waals surface area (Å²) in [6, 6.07) is 7.44. The second-order valence-corrected chi connectivity index (χ2v) is 3.51. The zero-order chi connectivity index (χ0) is 12.5. The van der Waals surface area contributed by atoms with Gasteiger partial charge in [-0.05, 0) is 25.1 Å². The van der Waals surface area contributed by atoms with Crippen LogP contribution in [-0.2, 0) is 0 Å². The molecule has 0 atom stereocenters. The van der Waals surface area contributed by atoms with Crippen molar-refractivity contribution in [3.05, 3.63) is 36.0 Å². The van der Waals surface area contributed by atoms with E-state index in [1.54, 1.807) is 12.1 Å². The summed E-state index contributed by atoms with van der Waals surface area (Å²) >= 11 is 0. The molecule has 17 heavy (non-hydrogen) atoms. The van der Waals surface area contributed by atoms with E-state index in [1.165, 1.54) is 18.2 Å². The van der Waals surface area contributed by atoms with E-state index >= 15 is 0 Å². The van der Waals surface area contributed by atoms with Gasteiger partial charge in [0.05, 0.1) is 5.69 Å². The molecule has 0 aliphatic heterocycles. The number of aromatic amines is 1. The molecule has 0 radical (unpaired) electrons. The highest BCUT2D eigenvalue weighted by atomic mass is 19.4. The number of ether oxygens (including phenoxy) is 1. The molecular weight excluding hydrogens is 233 g/mol. The van der Waals surface area contributed by atoms with Crippen molar-refractivity contribution in [3.8, 4) is 17.0 Å².